The van der Waals surface area contributed by atoms with E-state index in [-0.39, 0.29) is 11.7 Å². The summed E-state index contributed by atoms with van der Waals surface area (Å²) in [5.74, 6) is 0.132. The zero-order valence-electron chi connectivity index (χ0n) is 8.79. The van der Waals surface area contributed by atoms with Gasteiger partial charge < -0.3 is 5.73 Å². The Morgan fingerprint density at radius 3 is 2.36 bits per heavy atom. The molecule has 0 fully saturated rings. The van der Waals surface area contributed by atoms with Crippen LogP contribution in [0.4, 0.5) is 0 Å². The first-order valence-electron chi connectivity index (χ1n) is 5.00. The number of hydrogen-bond acceptors (Lipinski definition) is 2. The van der Waals surface area contributed by atoms with Gasteiger partial charge in [-0.2, -0.15) is 0 Å². The lowest BCUT2D eigenvalue weighted by atomic mass is 9.95. The van der Waals surface area contributed by atoms with Crippen LogP contribution in [0.2, 0.25) is 0 Å². The van der Waals surface area contributed by atoms with Crippen molar-refractivity contribution in [3.05, 3.63) is 35.4 Å². The van der Waals surface area contributed by atoms with E-state index in [0.29, 0.717) is 6.54 Å². The third-order valence-corrected chi connectivity index (χ3v) is 2.48. The maximum absolute atomic E-state index is 11.8. The molecule has 0 heterocycles. The molecule has 1 aromatic carbocycles. The summed E-state index contributed by atoms with van der Waals surface area (Å²) in [5.41, 5.74) is 7.47. The van der Waals surface area contributed by atoms with Gasteiger partial charge in [-0.1, -0.05) is 36.8 Å². The number of ketones is 1. The first-order valence-corrected chi connectivity index (χ1v) is 5.00. The molecule has 2 heteroatoms. The van der Waals surface area contributed by atoms with Crippen molar-refractivity contribution in [3.8, 4) is 0 Å². The van der Waals surface area contributed by atoms with Crippen LogP contribution in [-0.2, 0) is 0 Å². The highest BCUT2D eigenvalue weighted by Gasteiger charge is 2.15. The lowest BCUT2D eigenvalue weighted by molar-refractivity contribution is 0.0921. The average molecular weight is 191 g/mol. The molecule has 0 aliphatic heterocycles. The number of hydrogen-bond donors (Lipinski definition) is 1. The van der Waals surface area contributed by atoms with Crippen LogP contribution >= 0.6 is 0 Å². The highest BCUT2D eigenvalue weighted by Crippen LogP contribution is 2.12. The molecule has 2 nitrogen and oxygen atoms in total. The molecule has 14 heavy (non-hydrogen) atoms. The third-order valence-electron chi connectivity index (χ3n) is 2.48. The van der Waals surface area contributed by atoms with Crippen molar-refractivity contribution in [2.75, 3.05) is 6.54 Å². The van der Waals surface area contributed by atoms with Gasteiger partial charge in [0.15, 0.2) is 5.78 Å². The van der Waals surface area contributed by atoms with Crippen LogP contribution in [0, 0.1) is 12.8 Å². The van der Waals surface area contributed by atoms with E-state index in [9.17, 15) is 4.79 Å². The standard InChI is InChI=1S/C12H17NO/c1-3-10(8-13)12(14)11-6-4-9(2)5-7-11/h4-7,10H,3,8,13H2,1-2H3. The van der Waals surface area contributed by atoms with E-state index in [1.807, 2.05) is 38.1 Å². The van der Waals surface area contributed by atoms with E-state index in [4.69, 9.17) is 5.73 Å². The maximum Gasteiger partial charge on any atom is 0.167 e. The number of carbonyl (C=O) groups is 1. The zero-order chi connectivity index (χ0) is 10.6. The summed E-state index contributed by atoms with van der Waals surface area (Å²) in [6, 6.07) is 7.65. The fraction of sp³-hybridized carbons (Fsp3) is 0.417. The van der Waals surface area contributed by atoms with Crippen molar-refractivity contribution in [2.45, 2.75) is 20.3 Å². The minimum absolute atomic E-state index is 0.0299. The Bertz CT molecular complexity index is 299. The molecule has 0 bridgehead atoms. The molecule has 0 radical (unpaired) electrons. The molecule has 0 saturated carbocycles. The molecule has 0 aliphatic rings. The smallest absolute Gasteiger partial charge is 0.167 e. The van der Waals surface area contributed by atoms with E-state index in [1.165, 1.54) is 5.56 Å². The third kappa shape index (κ3) is 2.42. The molecule has 0 spiro atoms. The molecule has 76 valence electrons. The minimum atomic E-state index is -0.0299. The van der Waals surface area contributed by atoms with Crippen molar-refractivity contribution >= 4 is 5.78 Å². The number of Topliss-reactive ketones (excluding diaryl/α,β-unsaturated/α-hetero) is 1. The molecule has 0 aromatic heterocycles. The van der Waals surface area contributed by atoms with Gasteiger partial charge in [-0.25, -0.2) is 0 Å². The second-order valence-corrected chi connectivity index (χ2v) is 3.57. The van der Waals surface area contributed by atoms with Crippen molar-refractivity contribution in [3.63, 3.8) is 0 Å². The van der Waals surface area contributed by atoms with Gasteiger partial charge in [-0.3, -0.25) is 4.79 Å². The van der Waals surface area contributed by atoms with Gasteiger partial charge in [0, 0.05) is 18.0 Å². The normalized spacial score (nSPS) is 12.5. The molecule has 0 aliphatic carbocycles. The quantitative estimate of drug-likeness (QED) is 0.741. The molecule has 0 saturated heterocycles. The number of carbonyl (C=O) groups excluding carboxylic acids is 1. The highest BCUT2D eigenvalue weighted by molar-refractivity contribution is 5.97. The predicted octanol–water partition coefficient (Wildman–Crippen LogP) is 2.16. The van der Waals surface area contributed by atoms with Crippen LogP contribution in [0.5, 0.6) is 0 Å². The second-order valence-electron chi connectivity index (χ2n) is 3.57. The van der Waals surface area contributed by atoms with Crippen LogP contribution in [0.1, 0.15) is 29.3 Å². The molecule has 1 aromatic rings. The Morgan fingerprint density at radius 2 is 1.93 bits per heavy atom. The monoisotopic (exact) mass is 191 g/mol. The van der Waals surface area contributed by atoms with Crippen molar-refractivity contribution < 1.29 is 4.79 Å². The SMILES string of the molecule is CCC(CN)C(=O)c1ccc(C)cc1. The molecule has 2 N–H and O–H groups in total. The summed E-state index contributed by atoms with van der Waals surface area (Å²) >= 11 is 0. The van der Waals surface area contributed by atoms with Crippen LogP contribution in [-0.4, -0.2) is 12.3 Å². The number of benzene rings is 1. The van der Waals surface area contributed by atoms with Gasteiger partial charge in [0.1, 0.15) is 0 Å². The van der Waals surface area contributed by atoms with E-state index >= 15 is 0 Å². The summed E-state index contributed by atoms with van der Waals surface area (Å²) < 4.78 is 0. The first kappa shape index (κ1) is 10.9. The van der Waals surface area contributed by atoms with E-state index in [1.54, 1.807) is 0 Å². The van der Waals surface area contributed by atoms with Crippen molar-refractivity contribution in [2.24, 2.45) is 11.7 Å². The minimum Gasteiger partial charge on any atom is -0.330 e. The average Bonchev–Trinajstić information content (AvgIpc) is 2.20. The number of aryl methyl sites for hydroxylation is 1. The number of rotatable bonds is 4. The van der Waals surface area contributed by atoms with Gasteiger partial charge in [-0.15, -0.1) is 0 Å². The van der Waals surface area contributed by atoms with Gasteiger partial charge in [0.05, 0.1) is 0 Å². The summed E-state index contributed by atoms with van der Waals surface area (Å²) in [6.45, 7) is 4.43. The fourth-order valence-electron chi connectivity index (χ4n) is 1.41. The molecule has 0 amide bonds. The highest BCUT2D eigenvalue weighted by atomic mass is 16.1. The Labute approximate surface area is 85.1 Å². The van der Waals surface area contributed by atoms with Crippen LogP contribution in [0.15, 0.2) is 24.3 Å². The lowest BCUT2D eigenvalue weighted by Gasteiger charge is -2.10. The summed E-state index contributed by atoms with van der Waals surface area (Å²) in [6.07, 6.45) is 0.809. The Morgan fingerprint density at radius 1 is 1.36 bits per heavy atom. The molecule has 1 atom stereocenters. The summed E-state index contributed by atoms with van der Waals surface area (Å²) in [5, 5.41) is 0. The van der Waals surface area contributed by atoms with Gasteiger partial charge in [0.2, 0.25) is 0 Å². The van der Waals surface area contributed by atoms with Crippen LogP contribution < -0.4 is 5.73 Å². The Kier molecular flexibility index (Phi) is 3.84. The van der Waals surface area contributed by atoms with Gasteiger partial charge >= 0.3 is 0 Å². The number of nitrogens with two attached hydrogens (primary N) is 1. The molecular formula is C12H17NO. The van der Waals surface area contributed by atoms with E-state index < -0.39 is 0 Å². The molecule has 1 rings (SSSR count). The van der Waals surface area contributed by atoms with E-state index in [2.05, 4.69) is 0 Å². The van der Waals surface area contributed by atoms with Gasteiger partial charge in [-0.05, 0) is 13.3 Å². The lowest BCUT2D eigenvalue weighted by Crippen LogP contribution is -2.22. The summed E-state index contributed by atoms with van der Waals surface area (Å²) in [7, 11) is 0. The van der Waals surface area contributed by atoms with Crippen molar-refractivity contribution in [1.29, 1.82) is 0 Å². The van der Waals surface area contributed by atoms with E-state index in [0.717, 1.165) is 12.0 Å². The zero-order valence-corrected chi connectivity index (χ0v) is 8.79. The maximum atomic E-state index is 11.8. The topological polar surface area (TPSA) is 43.1 Å². The fourth-order valence-corrected chi connectivity index (χ4v) is 1.41. The largest absolute Gasteiger partial charge is 0.330 e. The molecular weight excluding hydrogens is 174 g/mol. The van der Waals surface area contributed by atoms with Crippen molar-refractivity contribution in [1.82, 2.24) is 0 Å². The second kappa shape index (κ2) is 4.91. The molecule has 1 unspecified atom stereocenters. The van der Waals surface area contributed by atoms with Crippen LogP contribution in [0.3, 0.4) is 0 Å². The van der Waals surface area contributed by atoms with Crippen LogP contribution in [0.25, 0.3) is 0 Å². The van der Waals surface area contributed by atoms with Gasteiger partial charge in [0.25, 0.3) is 0 Å². The first-order chi connectivity index (χ1) is 6.69. The predicted molar refractivity (Wildman–Crippen MR) is 58.3 cm³/mol. The Balaban J connectivity index is 2.83. The summed E-state index contributed by atoms with van der Waals surface area (Å²) in [4.78, 5) is 11.8. The Hall–Kier alpha value is -1.15.